The molecule has 0 aliphatic carbocycles. The Labute approximate surface area is 112 Å². The molecule has 0 spiro atoms. The van der Waals surface area contributed by atoms with Crippen LogP contribution in [0.4, 0.5) is 0 Å². The van der Waals surface area contributed by atoms with E-state index in [1.807, 2.05) is 36.4 Å². The lowest BCUT2D eigenvalue weighted by atomic mass is 10.1. The number of aliphatic hydroxyl groups excluding tert-OH is 1. The van der Waals surface area contributed by atoms with Crippen LogP contribution < -0.4 is 9.47 Å². The van der Waals surface area contributed by atoms with E-state index in [4.69, 9.17) is 9.47 Å². The summed E-state index contributed by atoms with van der Waals surface area (Å²) in [6, 6.07) is 15.8. The van der Waals surface area contributed by atoms with Crippen molar-refractivity contribution < 1.29 is 14.6 Å². The van der Waals surface area contributed by atoms with Gasteiger partial charge in [0.1, 0.15) is 24.2 Å². The van der Waals surface area contributed by atoms with Gasteiger partial charge in [-0.05, 0) is 17.7 Å². The Bertz CT molecular complexity index is 551. The third-order valence-electron chi connectivity index (χ3n) is 3.24. The van der Waals surface area contributed by atoms with Crippen LogP contribution in [0.3, 0.4) is 0 Å². The van der Waals surface area contributed by atoms with Crippen LogP contribution >= 0.6 is 0 Å². The largest absolute Gasteiger partial charge is 0.493 e. The molecule has 0 radical (unpaired) electrons. The van der Waals surface area contributed by atoms with Crippen LogP contribution in [0.25, 0.3) is 0 Å². The average Bonchev–Trinajstić information content (AvgIpc) is 2.81. The van der Waals surface area contributed by atoms with Crippen molar-refractivity contribution >= 4 is 0 Å². The highest BCUT2D eigenvalue weighted by molar-refractivity contribution is 5.44. The summed E-state index contributed by atoms with van der Waals surface area (Å²) in [5, 5.41) is 9.63. The molecule has 3 heteroatoms. The van der Waals surface area contributed by atoms with E-state index in [0.717, 1.165) is 23.5 Å². The van der Waals surface area contributed by atoms with Crippen LogP contribution in [-0.2, 0) is 6.42 Å². The van der Waals surface area contributed by atoms with Gasteiger partial charge in [-0.15, -0.1) is 0 Å². The van der Waals surface area contributed by atoms with Crippen molar-refractivity contribution in [3.05, 3.63) is 59.7 Å². The first-order chi connectivity index (χ1) is 9.33. The Morgan fingerprint density at radius 2 is 2.00 bits per heavy atom. The summed E-state index contributed by atoms with van der Waals surface area (Å²) in [7, 11) is 0. The van der Waals surface area contributed by atoms with Crippen LogP contribution in [0.2, 0.25) is 0 Å². The van der Waals surface area contributed by atoms with Crippen LogP contribution in [0.5, 0.6) is 11.5 Å². The zero-order valence-corrected chi connectivity index (χ0v) is 10.6. The van der Waals surface area contributed by atoms with E-state index in [0.29, 0.717) is 13.2 Å². The van der Waals surface area contributed by atoms with Gasteiger partial charge < -0.3 is 14.6 Å². The second-order valence-corrected chi connectivity index (χ2v) is 4.61. The van der Waals surface area contributed by atoms with Gasteiger partial charge in [-0.2, -0.15) is 0 Å². The SMILES string of the molecule is OC1COc2cc(OCCc3ccccc3)ccc21. The van der Waals surface area contributed by atoms with Crippen molar-refractivity contribution in [2.24, 2.45) is 0 Å². The zero-order chi connectivity index (χ0) is 13.1. The summed E-state index contributed by atoms with van der Waals surface area (Å²) >= 11 is 0. The van der Waals surface area contributed by atoms with Crippen molar-refractivity contribution in [3.63, 3.8) is 0 Å². The molecule has 3 rings (SSSR count). The average molecular weight is 256 g/mol. The molecule has 98 valence electrons. The molecular formula is C16H16O3. The van der Waals surface area contributed by atoms with Gasteiger partial charge in [-0.1, -0.05) is 30.3 Å². The molecule has 1 unspecified atom stereocenters. The molecule has 0 amide bonds. The fourth-order valence-electron chi connectivity index (χ4n) is 2.19. The minimum Gasteiger partial charge on any atom is -0.493 e. The van der Waals surface area contributed by atoms with Gasteiger partial charge in [-0.25, -0.2) is 0 Å². The summed E-state index contributed by atoms with van der Waals surface area (Å²) in [6.07, 6.45) is 0.370. The normalized spacial score (nSPS) is 16.8. The quantitative estimate of drug-likeness (QED) is 0.914. The maximum Gasteiger partial charge on any atom is 0.129 e. The molecule has 0 aromatic heterocycles. The summed E-state index contributed by atoms with van der Waals surface area (Å²) in [5.74, 6) is 1.51. The van der Waals surface area contributed by atoms with Crippen LogP contribution in [0.15, 0.2) is 48.5 Å². The second kappa shape index (κ2) is 5.33. The van der Waals surface area contributed by atoms with Crippen LogP contribution in [-0.4, -0.2) is 18.3 Å². The highest BCUT2D eigenvalue weighted by Gasteiger charge is 2.21. The molecule has 2 aromatic carbocycles. The zero-order valence-electron chi connectivity index (χ0n) is 10.6. The van der Waals surface area contributed by atoms with Crippen molar-refractivity contribution in [3.8, 4) is 11.5 Å². The van der Waals surface area contributed by atoms with Crippen molar-refractivity contribution in [1.29, 1.82) is 0 Å². The first kappa shape index (κ1) is 12.1. The van der Waals surface area contributed by atoms with Gasteiger partial charge in [0.15, 0.2) is 0 Å². The Kier molecular flexibility index (Phi) is 3.38. The van der Waals surface area contributed by atoms with Gasteiger partial charge >= 0.3 is 0 Å². The van der Waals surface area contributed by atoms with E-state index >= 15 is 0 Å². The molecule has 1 heterocycles. The number of rotatable bonds is 4. The van der Waals surface area contributed by atoms with Crippen molar-refractivity contribution in [2.45, 2.75) is 12.5 Å². The number of ether oxygens (including phenoxy) is 2. The number of hydrogen-bond acceptors (Lipinski definition) is 3. The summed E-state index contributed by atoms with van der Waals surface area (Å²) in [5.41, 5.74) is 2.10. The second-order valence-electron chi connectivity index (χ2n) is 4.61. The molecule has 0 fully saturated rings. The third kappa shape index (κ3) is 2.71. The first-order valence-corrected chi connectivity index (χ1v) is 6.44. The molecule has 0 saturated carbocycles. The molecule has 0 saturated heterocycles. The maximum absolute atomic E-state index is 9.63. The van der Waals surface area contributed by atoms with Crippen molar-refractivity contribution in [1.82, 2.24) is 0 Å². The molecule has 2 aromatic rings. The summed E-state index contributed by atoms with van der Waals surface area (Å²) in [6.45, 7) is 0.966. The third-order valence-corrected chi connectivity index (χ3v) is 3.24. The highest BCUT2D eigenvalue weighted by atomic mass is 16.5. The molecule has 1 aliphatic heterocycles. The number of benzene rings is 2. The Hall–Kier alpha value is -2.00. The lowest BCUT2D eigenvalue weighted by Crippen LogP contribution is -2.01. The Morgan fingerprint density at radius 3 is 2.84 bits per heavy atom. The first-order valence-electron chi connectivity index (χ1n) is 6.44. The molecule has 1 N–H and O–H groups in total. The summed E-state index contributed by atoms with van der Waals surface area (Å²) in [4.78, 5) is 0. The van der Waals surface area contributed by atoms with Gasteiger partial charge in [0.25, 0.3) is 0 Å². The maximum atomic E-state index is 9.63. The smallest absolute Gasteiger partial charge is 0.129 e. The van der Waals surface area contributed by atoms with Crippen molar-refractivity contribution in [2.75, 3.05) is 13.2 Å². The Balaban J connectivity index is 1.59. The van der Waals surface area contributed by atoms with E-state index in [-0.39, 0.29) is 0 Å². The summed E-state index contributed by atoms with van der Waals surface area (Å²) < 4.78 is 11.1. The fourth-order valence-corrected chi connectivity index (χ4v) is 2.19. The molecule has 19 heavy (non-hydrogen) atoms. The van der Waals surface area contributed by atoms with E-state index < -0.39 is 6.10 Å². The van der Waals surface area contributed by atoms with Crippen LogP contribution in [0.1, 0.15) is 17.2 Å². The minimum absolute atomic E-state index is 0.336. The molecular weight excluding hydrogens is 240 g/mol. The fraction of sp³-hybridized carbons (Fsp3) is 0.250. The van der Waals surface area contributed by atoms with Crippen LogP contribution in [0, 0.1) is 0 Å². The molecule has 0 bridgehead atoms. The lowest BCUT2D eigenvalue weighted by molar-refractivity contribution is 0.140. The minimum atomic E-state index is -0.506. The van der Waals surface area contributed by atoms with E-state index in [1.165, 1.54) is 5.56 Å². The predicted octanol–water partition coefficient (Wildman–Crippen LogP) is 2.73. The van der Waals surface area contributed by atoms with E-state index in [1.54, 1.807) is 0 Å². The Morgan fingerprint density at radius 1 is 1.16 bits per heavy atom. The number of hydrogen-bond donors (Lipinski definition) is 1. The molecule has 1 aliphatic rings. The van der Waals surface area contributed by atoms with Gasteiger partial charge in [0.05, 0.1) is 6.61 Å². The predicted molar refractivity (Wildman–Crippen MR) is 72.5 cm³/mol. The van der Waals surface area contributed by atoms with E-state index in [2.05, 4.69) is 12.1 Å². The van der Waals surface area contributed by atoms with Gasteiger partial charge in [0.2, 0.25) is 0 Å². The van der Waals surface area contributed by atoms with Gasteiger partial charge in [0, 0.05) is 18.1 Å². The molecule has 1 atom stereocenters. The number of aliphatic hydroxyl groups is 1. The molecule has 3 nitrogen and oxygen atoms in total. The highest BCUT2D eigenvalue weighted by Crippen LogP contribution is 2.34. The van der Waals surface area contributed by atoms with Gasteiger partial charge in [-0.3, -0.25) is 0 Å². The number of fused-ring (bicyclic) bond motifs is 1. The topological polar surface area (TPSA) is 38.7 Å². The standard InChI is InChI=1S/C16H16O3/c17-15-11-19-16-10-13(6-7-14(15)16)18-9-8-12-4-2-1-3-5-12/h1-7,10,15,17H,8-9,11H2. The van der Waals surface area contributed by atoms with E-state index in [9.17, 15) is 5.11 Å². The monoisotopic (exact) mass is 256 g/mol. The lowest BCUT2D eigenvalue weighted by Gasteiger charge is -2.08.